The predicted molar refractivity (Wildman–Crippen MR) is 67.8 cm³/mol. The molecule has 3 heteroatoms. The molecule has 0 atom stereocenters. The van der Waals surface area contributed by atoms with Crippen LogP contribution in [0.2, 0.25) is 0 Å². The van der Waals surface area contributed by atoms with Crippen LogP contribution in [0.15, 0.2) is 42.5 Å². The minimum atomic E-state index is -0.402. The molecule has 0 aliphatic heterocycles. The molecule has 0 radical (unpaired) electrons. The largest absolute Gasteiger partial charge is 0.489 e. The summed E-state index contributed by atoms with van der Waals surface area (Å²) in [5.74, 6) is 0.0311. The number of benzene rings is 2. The third-order valence-corrected chi connectivity index (χ3v) is 2.77. The molecule has 1 N–H and O–H groups in total. The first-order valence-corrected chi connectivity index (χ1v) is 5.76. The zero-order chi connectivity index (χ0) is 13.0. The summed E-state index contributed by atoms with van der Waals surface area (Å²) in [4.78, 5) is 0. The van der Waals surface area contributed by atoms with E-state index < -0.39 is 5.82 Å². The molecular weight excluding hydrogens is 231 g/mol. The molecule has 0 heterocycles. The Morgan fingerprint density at radius 3 is 2.67 bits per heavy atom. The number of aryl methyl sites for hydroxylation is 1. The van der Waals surface area contributed by atoms with Gasteiger partial charge in [-0.1, -0.05) is 24.3 Å². The molecule has 0 spiro atoms. The normalized spacial score (nSPS) is 10.4. The number of hydrogen-bond donors (Lipinski definition) is 1. The van der Waals surface area contributed by atoms with Gasteiger partial charge in [-0.25, -0.2) is 4.39 Å². The van der Waals surface area contributed by atoms with E-state index in [0.29, 0.717) is 17.9 Å². The van der Waals surface area contributed by atoms with Crippen molar-refractivity contribution in [3.63, 3.8) is 0 Å². The average molecular weight is 246 g/mol. The van der Waals surface area contributed by atoms with E-state index in [2.05, 4.69) is 0 Å². The molecule has 0 amide bonds. The molecule has 94 valence electrons. The van der Waals surface area contributed by atoms with Crippen LogP contribution < -0.4 is 4.74 Å². The molecule has 0 aliphatic rings. The maximum Gasteiger partial charge on any atom is 0.127 e. The van der Waals surface area contributed by atoms with Crippen molar-refractivity contribution >= 4 is 0 Å². The van der Waals surface area contributed by atoms with E-state index in [-0.39, 0.29) is 6.61 Å². The molecule has 0 aliphatic carbocycles. The van der Waals surface area contributed by atoms with Crippen LogP contribution in [0.25, 0.3) is 0 Å². The van der Waals surface area contributed by atoms with E-state index in [1.807, 2.05) is 31.2 Å². The maximum atomic E-state index is 13.2. The van der Waals surface area contributed by atoms with Crippen molar-refractivity contribution in [3.05, 3.63) is 65.0 Å². The molecule has 2 aromatic rings. The monoisotopic (exact) mass is 246 g/mol. The summed E-state index contributed by atoms with van der Waals surface area (Å²) in [6, 6.07) is 12.1. The van der Waals surface area contributed by atoms with Crippen LogP contribution in [-0.2, 0) is 13.2 Å². The van der Waals surface area contributed by atoms with Gasteiger partial charge >= 0.3 is 0 Å². The van der Waals surface area contributed by atoms with Gasteiger partial charge < -0.3 is 9.84 Å². The van der Waals surface area contributed by atoms with E-state index in [0.717, 1.165) is 11.1 Å². The second kappa shape index (κ2) is 5.65. The number of aliphatic hydroxyl groups excluding tert-OH is 1. The Kier molecular flexibility index (Phi) is 3.95. The number of rotatable bonds is 4. The van der Waals surface area contributed by atoms with Crippen LogP contribution in [0.3, 0.4) is 0 Å². The molecule has 0 saturated heterocycles. The second-order valence-corrected chi connectivity index (χ2v) is 4.17. The molecule has 0 bridgehead atoms. The second-order valence-electron chi connectivity index (χ2n) is 4.17. The van der Waals surface area contributed by atoms with Crippen molar-refractivity contribution in [2.45, 2.75) is 20.1 Å². The summed E-state index contributed by atoms with van der Waals surface area (Å²) in [5.41, 5.74) is 2.71. The molecule has 2 aromatic carbocycles. The van der Waals surface area contributed by atoms with Crippen LogP contribution in [0.1, 0.15) is 16.7 Å². The third kappa shape index (κ3) is 3.08. The quantitative estimate of drug-likeness (QED) is 0.897. The van der Waals surface area contributed by atoms with Crippen molar-refractivity contribution in [2.24, 2.45) is 0 Å². The molecule has 2 nitrogen and oxygen atoms in total. The standard InChI is InChI=1S/C15H15FO2/c1-11-4-2-3-5-13(11)10-18-15-7-12(9-17)6-14(16)8-15/h2-8,17H,9-10H2,1H3. The highest BCUT2D eigenvalue weighted by Gasteiger charge is 2.03. The van der Waals surface area contributed by atoms with E-state index in [4.69, 9.17) is 9.84 Å². The van der Waals surface area contributed by atoms with Crippen LogP contribution in [-0.4, -0.2) is 5.11 Å². The van der Waals surface area contributed by atoms with Gasteiger partial charge in [0.15, 0.2) is 0 Å². The lowest BCUT2D eigenvalue weighted by atomic mass is 10.1. The average Bonchev–Trinajstić information content (AvgIpc) is 2.37. The van der Waals surface area contributed by atoms with E-state index in [1.54, 1.807) is 6.07 Å². The number of halogens is 1. The zero-order valence-corrected chi connectivity index (χ0v) is 10.2. The van der Waals surface area contributed by atoms with Crippen LogP contribution in [0.4, 0.5) is 4.39 Å². The van der Waals surface area contributed by atoms with E-state index in [1.165, 1.54) is 12.1 Å². The topological polar surface area (TPSA) is 29.5 Å². The predicted octanol–water partition coefficient (Wildman–Crippen LogP) is 3.21. The fourth-order valence-corrected chi connectivity index (χ4v) is 1.73. The smallest absolute Gasteiger partial charge is 0.127 e. The summed E-state index contributed by atoms with van der Waals surface area (Å²) < 4.78 is 18.8. The van der Waals surface area contributed by atoms with Crippen LogP contribution >= 0.6 is 0 Å². The number of hydrogen-bond acceptors (Lipinski definition) is 2. The SMILES string of the molecule is Cc1ccccc1COc1cc(F)cc(CO)c1. The summed E-state index contributed by atoms with van der Waals surface area (Å²) in [7, 11) is 0. The van der Waals surface area contributed by atoms with Gasteiger partial charge in [0, 0.05) is 6.07 Å². The molecule has 0 unspecified atom stereocenters. The lowest BCUT2D eigenvalue weighted by molar-refractivity contribution is 0.276. The van der Waals surface area contributed by atoms with Gasteiger partial charge in [-0.05, 0) is 35.7 Å². The van der Waals surface area contributed by atoms with Gasteiger partial charge in [0.05, 0.1) is 6.61 Å². The molecule has 0 aromatic heterocycles. The first-order valence-electron chi connectivity index (χ1n) is 5.76. The van der Waals surface area contributed by atoms with Gasteiger partial charge in [-0.2, -0.15) is 0 Å². The minimum absolute atomic E-state index is 0.196. The Bertz CT molecular complexity index is 538. The molecule has 0 saturated carbocycles. The summed E-state index contributed by atoms with van der Waals surface area (Å²) in [6.45, 7) is 2.20. The summed E-state index contributed by atoms with van der Waals surface area (Å²) in [6.07, 6.45) is 0. The number of aliphatic hydroxyl groups is 1. The molecule has 18 heavy (non-hydrogen) atoms. The maximum absolute atomic E-state index is 13.2. The Labute approximate surface area is 106 Å². The Morgan fingerprint density at radius 1 is 1.17 bits per heavy atom. The fourth-order valence-electron chi connectivity index (χ4n) is 1.73. The van der Waals surface area contributed by atoms with Gasteiger partial charge in [-0.15, -0.1) is 0 Å². The fraction of sp³-hybridized carbons (Fsp3) is 0.200. The lowest BCUT2D eigenvalue weighted by Crippen LogP contribution is -1.99. The molecule has 0 fully saturated rings. The highest BCUT2D eigenvalue weighted by atomic mass is 19.1. The molecular formula is C15H15FO2. The van der Waals surface area contributed by atoms with Gasteiger partial charge in [-0.3, -0.25) is 0 Å². The van der Waals surface area contributed by atoms with Crippen molar-refractivity contribution in [1.82, 2.24) is 0 Å². The van der Waals surface area contributed by atoms with Crippen molar-refractivity contribution in [2.75, 3.05) is 0 Å². The van der Waals surface area contributed by atoms with Gasteiger partial charge in [0.2, 0.25) is 0 Å². The van der Waals surface area contributed by atoms with E-state index in [9.17, 15) is 4.39 Å². The summed E-state index contributed by atoms with van der Waals surface area (Å²) in [5, 5.41) is 8.99. The van der Waals surface area contributed by atoms with Crippen molar-refractivity contribution < 1.29 is 14.2 Å². The van der Waals surface area contributed by atoms with Crippen molar-refractivity contribution in [3.8, 4) is 5.75 Å². The van der Waals surface area contributed by atoms with E-state index >= 15 is 0 Å². The lowest BCUT2D eigenvalue weighted by Gasteiger charge is -2.09. The molecule has 2 rings (SSSR count). The third-order valence-electron chi connectivity index (χ3n) is 2.77. The van der Waals surface area contributed by atoms with Gasteiger partial charge in [0.1, 0.15) is 18.2 Å². The number of ether oxygens (including phenoxy) is 1. The van der Waals surface area contributed by atoms with Crippen LogP contribution in [0.5, 0.6) is 5.75 Å². The first kappa shape index (κ1) is 12.6. The Balaban J connectivity index is 2.11. The minimum Gasteiger partial charge on any atom is -0.489 e. The summed E-state index contributed by atoms with van der Waals surface area (Å²) >= 11 is 0. The highest BCUT2D eigenvalue weighted by molar-refractivity contribution is 5.30. The highest BCUT2D eigenvalue weighted by Crippen LogP contribution is 2.18. The van der Waals surface area contributed by atoms with Crippen LogP contribution in [0, 0.1) is 12.7 Å². The Hall–Kier alpha value is -1.87. The van der Waals surface area contributed by atoms with Crippen molar-refractivity contribution in [1.29, 1.82) is 0 Å². The first-order chi connectivity index (χ1) is 8.69. The van der Waals surface area contributed by atoms with Gasteiger partial charge in [0.25, 0.3) is 0 Å². The Morgan fingerprint density at radius 2 is 1.94 bits per heavy atom. The zero-order valence-electron chi connectivity index (χ0n) is 10.2.